The van der Waals surface area contributed by atoms with Gasteiger partial charge in [-0.15, -0.1) is 0 Å². The van der Waals surface area contributed by atoms with Crippen molar-refractivity contribution in [3.63, 3.8) is 0 Å². The van der Waals surface area contributed by atoms with Crippen LogP contribution in [0, 0.1) is 11.7 Å². The van der Waals surface area contributed by atoms with Crippen LogP contribution >= 0.6 is 23.2 Å². The maximum absolute atomic E-state index is 14.2. The standard InChI is InChI=1S/C14H12Cl2F2N4/c15-12-9(18)10-7(5-19-12)13(21-14(16)20-10)22-4-2-1-3-6-8(17)11(6)22/h5-6,8,11H,1-4H2/t6-,8-,11-/m0/s1. The van der Waals surface area contributed by atoms with E-state index < -0.39 is 12.0 Å². The van der Waals surface area contributed by atoms with E-state index in [0.717, 1.165) is 19.3 Å². The summed E-state index contributed by atoms with van der Waals surface area (Å²) in [7, 11) is 0. The fourth-order valence-corrected chi connectivity index (χ4v) is 3.62. The number of alkyl halides is 1. The van der Waals surface area contributed by atoms with Gasteiger partial charge < -0.3 is 4.90 Å². The quantitative estimate of drug-likeness (QED) is 0.582. The number of halogens is 4. The third-order valence-corrected chi connectivity index (χ3v) is 4.88. The first-order chi connectivity index (χ1) is 10.6. The molecule has 3 atom stereocenters. The SMILES string of the molecule is Fc1c(Cl)ncc2c(N3CCCC[C@H]4[C@H](F)[C@H]43)nc(Cl)nc12. The second kappa shape index (κ2) is 5.13. The van der Waals surface area contributed by atoms with Crippen molar-refractivity contribution in [1.82, 2.24) is 15.0 Å². The zero-order valence-electron chi connectivity index (χ0n) is 11.4. The van der Waals surface area contributed by atoms with Crippen molar-refractivity contribution in [3.05, 3.63) is 22.5 Å². The Morgan fingerprint density at radius 2 is 2.05 bits per heavy atom. The number of rotatable bonds is 1. The average molecular weight is 345 g/mol. The van der Waals surface area contributed by atoms with Crippen LogP contribution in [0.5, 0.6) is 0 Å². The molecule has 2 aliphatic rings. The largest absolute Gasteiger partial charge is 0.350 e. The molecule has 0 unspecified atom stereocenters. The Labute approximate surface area is 135 Å². The molecule has 0 radical (unpaired) electrons. The summed E-state index contributed by atoms with van der Waals surface area (Å²) in [6, 6.07) is -0.213. The van der Waals surface area contributed by atoms with Crippen LogP contribution in [-0.4, -0.2) is 33.7 Å². The summed E-state index contributed by atoms with van der Waals surface area (Å²) in [5.74, 6) is -0.268. The van der Waals surface area contributed by atoms with Crippen LogP contribution in [0.15, 0.2) is 6.20 Å². The van der Waals surface area contributed by atoms with Crippen LogP contribution < -0.4 is 4.90 Å². The molecule has 3 heterocycles. The summed E-state index contributed by atoms with van der Waals surface area (Å²) in [6.07, 6.45) is 3.34. The van der Waals surface area contributed by atoms with Gasteiger partial charge in [-0.2, -0.15) is 4.98 Å². The van der Waals surface area contributed by atoms with Gasteiger partial charge in [-0.25, -0.2) is 18.7 Å². The van der Waals surface area contributed by atoms with Gasteiger partial charge in [0.25, 0.3) is 0 Å². The van der Waals surface area contributed by atoms with E-state index in [2.05, 4.69) is 15.0 Å². The Hall–Kier alpha value is -1.27. The highest BCUT2D eigenvalue weighted by molar-refractivity contribution is 6.30. The molecule has 1 saturated heterocycles. The highest BCUT2D eigenvalue weighted by Crippen LogP contribution is 2.47. The van der Waals surface area contributed by atoms with E-state index in [1.807, 2.05) is 4.90 Å². The van der Waals surface area contributed by atoms with Crippen LogP contribution in [0.3, 0.4) is 0 Å². The minimum Gasteiger partial charge on any atom is -0.350 e. The van der Waals surface area contributed by atoms with Crippen LogP contribution in [0.4, 0.5) is 14.6 Å². The summed E-state index contributed by atoms with van der Waals surface area (Å²) in [5, 5.41) is 0.0586. The van der Waals surface area contributed by atoms with E-state index in [4.69, 9.17) is 23.2 Å². The van der Waals surface area contributed by atoms with Gasteiger partial charge in [0.05, 0.1) is 11.4 Å². The predicted octanol–water partition coefficient (Wildman–Crippen LogP) is 3.80. The van der Waals surface area contributed by atoms with Gasteiger partial charge in [-0.1, -0.05) is 18.0 Å². The first-order valence-corrected chi connectivity index (χ1v) is 7.91. The summed E-state index contributed by atoms with van der Waals surface area (Å²) in [6.45, 7) is 0.661. The Morgan fingerprint density at radius 3 is 2.86 bits per heavy atom. The van der Waals surface area contributed by atoms with Gasteiger partial charge >= 0.3 is 0 Å². The Bertz CT molecular complexity index is 757. The molecule has 0 bridgehead atoms. The molecule has 1 aliphatic carbocycles. The van der Waals surface area contributed by atoms with Crippen molar-refractivity contribution in [2.75, 3.05) is 11.4 Å². The molecule has 0 spiro atoms. The maximum Gasteiger partial charge on any atom is 0.225 e. The van der Waals surface area contributed by atoms with E-state index in [-0.39, 0.29) is 27.9 Å². The molecule has 4 rings (SSSR count). The molecule has 0 N–H and O–H groups in total. The topological polar surface area (TPSA) is 41.9 Å². The molecule has 1 saturated carbocycles. The lowest BCUT2D eigenvalue weighted by molar-refractivity contribution is 0.420. The molecule has 0 amide bonds. The number of pyridine rings is 1. The monoisotopic (exact) mass is 344 g/mol. The van der Waals surface area contributed by atoms with Gasteiger partial charge in [0.2, 0.25) is 5.28 Å². The first-order valence-electron chi connectivity index (χ1n) is 7.16. The smallest absolute Gasteiger partial charge is 0.225 e. The number of aromatic nitrogens is 3. The third-order valence-electron chi connectivity index (χ3n) is 4.45. The molecular weight excluding hydrogens is 333 g/mol. The Balaban J connectivity index is 1.89. The number of anilines is 1. The van der Waals surface area contributed by atoms with Gasteiger partial charge in [-0.3, -0.25) is 0 Å². The van der Waals surface area contributed by atoms with Crippen molar-refractivity contribution in [3.8, 4) is 0 Å². The second-order valence-electron chi connectivity index (χ2n) is 5.73. The van der Waals surface area contributed by atoms with Crippen LogP contribution in [0.2, 0.25) is 10.4 Å². The molecule has 4 nitrogen and oxygen atoms in total. The Morgan fingerprint density at radius 1 is 1.23 bits per heavy atom. The van der Waals surface area contributed by atoms with Crippen molar-refractivity contribution in [2.45, 2.75) is 31.5 Å². The zero-order chi connectivity index (χ0) is 15.4. The van der Waals surface area contributed by atoms with Crippen LogP contribution in [0.1, 0.15) is 19.3 Å². The molecule has 1 aliphatic heterocycles. The van der Waals surface area contributed by atoms with E-state index in [1.165, 1.54) is 6.20 Å². The molecule has 2 fully saturated rings. The molecule has 2 aromatic rings. The molecule has 22 heavy (non-hydrogen) atoms. The minimum atomic E-state index is -0.866. The second-order valence-corrected chi connectivity index (χ2v) is 6.43. The van der Waals surface area contributed by atoms with E-state index in [1.54, 1.807) is 0 Å². The van der Waals surface area contributed by atoms with E-state index in [9.17, 15) is 8.78 Å². The lowest BCUT2D eigenvalue weighted by Crippen LogP contribution is -2.29. The number of fused-ring (bicyclic) bond motifs is 2. The molecular formula is C14H12Cl2F2N4. The third kappa shape index (κ3) is 2.12. The van der Waals surface area contributed by atoms with Crippen LogP contribution in [-0.2, 0) is 0 Å². The predicted molar refractivity (Wildman–Crippen MR) is 80.7 cm³/mol. The first kappa shape index (κ1) is 14.3. The minimum absolute atomic E-state index is 0.0202. The number of nitrogens with zero attached hydrogens (tertiary/aromatic N) is 4. The van der Waals surface area contributed by atoms with Gasteiger partial charge in [0, 0.05) is 18.7 Å². The average Bonchev–Trinajstić information content (AvgIpc) is 3.18. The normalized spacial score (nSPS) is 27.6. The van der Waals surface area contributed by atoms with Crippen LogP contribution in [0.25, 0.3) is 10.9 Å². The zero-order valence-corrected chi connectivity index (χ0v) is 13.0. The number of hydrogen-bond donors (Lipinski definition) is 0. The van der Waals surface area contributed by atoms with E-state index in [0.29, 0.717) is 17.7 Å². The Kier molecular flexibility index (Phi) is 3.34. The fourth-order valence-electron chi connectivity index (χ4n) is 3.32. The lowest BCUT2D eigenvalue weighted by Gasteiger charge is -2.24. The summed E-state index contributed by atoms with van der Waals surface area (Å²) < 4.78 is 28.2. The maximum atomic E-state index is 14.2. The highest BCUT2D eigenvalue weighted by atomic mass is 35.5. The molecule has 2 aromatic heterocycles. The van der Waals surface area contributed by atoms with Crippen molar-refractivity contribution < 1.29 is 8.78 Å². The fraction of sp³-hybridized carbons (Fsp3) is 0.500. The molecule has 116 valence electrons. The molecule has 0 aromatic carbocycles. The van der Waals surface area contributed by atoms with Gasteiger partial charge in [0.1, 0.15) is 17.5 Å². The van der Waals surface area contributed by atoms with Crippen molar-refractivity contribution in [2.24, 2.45) is 5.92 Å². The van der Waals surface area contributed by atoms with E-state index >= 15 is 0 Å². The summed E-state index contributed by atoms with van der Waals surface area (Å²) in [4.78, 5) is 13.8. The summed E-state index contributed by atoms with van der Waals surface area (Å²) in [5.41, 5.74) is 0.0202. The molecule has 8 heteroatoms. The summed E-state index contributed by atoms with van der Waals surface area (Å²) >= 11 is 11.6. The van der Waals surface area contributed by atoms with Gasteiger partial charge in [0.15, 0.2) is 11.0 Å². The van der Waals surface area contributed by atoms with Crippen molar-refractivity contribution >= 4 is 39.9 Å². The lowest BCUT2D eigenvalue weighted by atomic mass is 10.2. The number of hydrogen-bond acceptors (Lipinski definition) is 4. The van der Waals surface area contributed by atoms with Gasteiger partial charge in [-0.05, 0) is 24.4 Å². The highest BCUT2D eigenvalue weighted by Gasteiger charge is 2.55. The van der Waals surface area contributed by atoms with Crippen molar-refractivity contribution in [1.29, 1.82) is 0 Å².